The van der Waals surface area contributed by atoms with Gasteiger partial charge in [-0.1, -0.05) is 18.6 Å². The molecule has 1 saturated carbocycles. The normalized spacial score (nSPS) is 26.3. The van der Waals surface area contributed by atoms with Crippen molar-refractivity contribution in [1.82, 2.24) is 10.2 Å². The van der Waals surface area contributed by atoms with Crippen molar-refractivity contribution in [3.05, 3.63) is 11.6 Å². The summed E-state index contributed by atoms with van der Waals surface area (Å²) in [6.07, 6.45) is 6.44. The van der Waals surface area contributed by atoms with Crippen LogP contribution >= 0.6 is 0 Å². The van der Waals surface area contributed by atoms with Gasteiger partial charge in [-0.2, -0.15) is 0 Å². The SMILES string of the molecule is CC1=CCN(C(C)C(C)CNC2CC2)CC1. The molecule has 2 aliphatic rings. The molecule has 0 radical (unpaired) electrons. The lowest BCUT2D eigenvalue weighted by molar-refractivity contribution is 0.171. The van der Waals surface area contributed by atoms with E-state index in [0.29, 0.717) is 6.04 Å². The first-order chi connectivity index (χ1) is 7.66. The van der Waals surface area contributed by atoms with E-state index >= 15 is 0 Å². The molecule has 1 fully saturated rings. The minimum Gasteiger partial charge on any atom is -0.314 e. The van der Waals surface area contributed by atoms with Crippen LogP contribution in [0.1, 0.15) is 40.0 Å². The molecule has 92 valence electrons. The molecule has 2 rings (SSSR count). The Morgan fingerprint density at radius 3 is 2.75 bits per heavy atom. The van der Waals surface area contributed by atoms with Gasteiger partial charge in [-0.15, -0.1) is 0 Å². The first-order valence-corrected chi connectivity index (χ1v) is 6.80. The van der Waals surface area contributed by atoms with Gasteiger partial charge < -0.3 is 5.32 Å². The molecule has 0 aromatic heterocycles. The summed E-state index contributed by atoms with van der Waals surface area (Å²) in [6, 6.07) is 1.55. The zero-order valence-electron chi connectivity index (χ0n) is 11.0. The lowest BCUT2D eigenvalue weighted by Gasteiger charge is -2.35. The van der Waals surface area contributed by atoms with E-state index in [9.17, 15) is 0 Å². The molecule has 16 heavy (non-hydrogen) atoms. The predicted octanol–water partition coefficient (Wildman–Crippen LogP) is 2.42. The molecule has 2 heteroatoms. The van der Waals surface area contributed by atoms with Crippen LogP contribution in [0, 0.1) is 5.92 Å². The minimum absolute atomic E-state index is 0.704. The Balaban J connectivity index is 1.74. The van der Waals surface area contributed by atoms with Crippen LogP contribution in [-0.2, 0) is 0 Å². The fourth-order valence-corrected chi connectivity index (χ4v) is 2.33. The Hall–Kier alpha value is -0.340. The van der Waals surface area contributed by atoms with Crippen LogP contribution in [0.15, 0.2) is 11.6 Å². The third kappa shape index (κ3) is 3.33. The van der Waals surface area contributed by atoms with Gasteiger partial charge in [0, 0.05) is 25.2 Å². The van der Waals surface area contributed by atoms with Crippen molar-refractivity contribution in [2.75, 3.05) is 19.6 Å². The molecular formula is C14H26N2. The molecule has 1 N–H and O–H groups in total. The average Bonchev–Trinajstić information content (AvgIpc) is 3.10. The van der Waals surface area contributed by atoms with Crippen LogP contribution in [-0.4, -0.2) is 36.6 Å². The Morgan fingerprint density at radius 1 is 1.44 bits per heavy atom. The molecule has 2 nitrogen and oxygen atoms in total. The highest BCUT2D eigenvalue weighted by Gasteiger charge is 2.24. The zero-order valence-corrected chi connectivity index (χ0v) is 11.0. The predicted molar refractivity (Wildman–Crippen MR) is 69.6 cm³/mol. The van der Waals surface area contributed by atoms with E-state index in [1.54, 1.807) is 5.57 Å². The molecule has 0 bridgehead atoms. The fourth-order valence-electron chi connectivity index (χ4n) is 2.33. The summed E-state index contributed by atoms with van der Waals surface area (Å²) in [6.45, 7) is 10.6. The third-order valence-electron chi connectivity index (χ3n) is 4.17. The average molecular weight is 222 g/mol. The molecule has 1 heterocycles. The number of nitrogens with zero attached hydrogens (tertiary/aromatic N) is 1. The van der Waals surface area contributed by atoms with E-state index in [-0.39, 0.29) is 0 Å². The van der Waals surface area contributed by atoms with E-state index in [4.69, 9.17) is 0 Å². The summed E-state index contributed by atoms with van der Waals surface area (Å²) in [5.74, 6) is 0.757. The zero-order chi connectivity index (χ0) is 11.5. The van der Waals surface area contributed by atoms with Gasteiger partial charge in [-0.3, -0.25) is 4.90 Å². The van der Waals surface area contributed by atoms with Gasteiger partial charge >= 0.3 is 0 Å². The fraction of sp³-hybridized carbons (Fsp3) is 0.857. The van der Waals surface area contributed by atoms with Crippen LogP contribution < -0.4 is 5.32 Å². The van der Waals surface area contributed by atoms with Crippen molar-refractivity contribution >= 4 is 0 Å². The summed E-state index contributed by atoms with van der Waals surface area (Å²) in [4.78, 5) is 2.62. The van der Waals surface area contributed by atoms with Crippen molar-refractivity contribution in [2.45, 2.75) is 52.1 Å². The summed E-state index contributed by atoms with van der Waals surface area (Å²) < 4.78 is 0. The van der Waals surface area contributed by atoms with Gasteiger partial charge in [0.25, 0.3) is 0 Å². The third-order valence-corrected chi connectivity index (χ3v) is 4.17. The Morgan fingerprint density at radius 2 is 2.19 bits per heavy atom. The molecule has 0 amide bonds. The van der Waals surface area contributed by atoms with Gasteiger partial charge in [0.05, 0.1) is 0 Å². The molecule has 1 aliphatic carbocycles. The lowest BCUT2D eigenvalue weighted by Crippen LogP contribution is -2.43. The van der Waals surface area contributed by atoms with Gasteiger partial charge in [-0.25, -0.2) is 0 Å². The van der Waals surface area contributed by atoms with E-state index < -0.39 is 0 Å². The molecule has 0 aromatic carbocycles. The largest absolute Gasteiger partial charge is 0.314 e. The number of nitrogens with one attached hydrogen (secondary N) is 1. The van der Waals surface area contributed by atoms with Crippen molar-refractivity contribution in [1.29, 1.82) is 0 Å². The maximum absolute atomic E-state index is 3.64. The smallest absolute Gasteiger partial charge is 0.0168 e. The van der Waals surface area contributed by atoms with Crippen molar-refractivity contribution in [3.63, 3.8) is 0 Å². The van der Waals surface area contributed by atoms with E-state index in [0.717, 1.165) is 18.5 Å². The van der Waals surface area contributed by atoms with Crippen LogP contribution in [0.4, 0.5) is 0 Å². The molecule has 0 aromatic rings. The summed E-state index contributed by atoms with van der Waals surface area (Å²) in [5, 5.41) is 3.64. The molecule has 1 aliphatic heterocycles. The van der Waals surface area contributed by atoms with E-state index in [1.165, 1.54) is 32.4 Å². The second-order valence-electron chi connectivity index (χ2n) is 5.70. The number of hydrogen-bond donors (Lipinski definition) is 1. The lowest BCUT2D eigenvalue weighted by atomic mass is 9.99. The highest BCUT2D eigenvalue weighted by atomic mass is 15.2. The topological polar surface area (TPSA) is 15.3 Å². The van der Waals surface area contributed by atoms with Crippen molar-refractivity contribution in [3.8, 4) is 0 Å². The highest BCUT2D eigenvalue weighted by molar-refractivity contribution is 5.04. The molecular weight excluding hydrogens is 196 g/mol. The Labute approximate surface area is 100 Å². The molecule has 2 unspecified atom stereocenters. The standard InChI is InChI=1S/C14H26N2/c1-11-6-8-16(9-7-11)13(3)12(2)10-15-14-4-5-14/h6,12-15H,4-5,7-10H2,1-3H3. The quantitative estimate of drug-likeness (QED) is 0.719. The van der Waals surface area contributed by atoms with Gasteiger partial charge in [0.2, 0.25) is 0 Å². The summed E-state index contributed by atoms with van der Waals surface area (Å²) in [5.41, 5.74) is 1.56. The van der Waals surface area contributed by atoms with E-state index in [1.807, 2.05) is 0 Å². The van der Waals surface area contributed by atoms with Crippen LogP contribution in [0.5, 0.6) is 0 Å². The Bertz CT molecular complexity index is 255. The van der Waals surface area contributed by atoms with E-state index in [2.05, 4.69) is 37.1 Å². The highest BCUT2D eigenvalue weighted by Crippen LogP contribution is 2.21. The van der Waals surface area contributed by atoms with Crippen LogP contribution in [0.2, 0.25) is 0 Å². The van der Waals surface area contributed by atoms with Gasteiger partial charge in [0.1, 0.15) is 0 Å². The van der Waals surface area contributed by atoms with Crippen LogP contribution in [0.25, 0.3) is 0 Å². The van der Waals surface area contributed by atoms with Crippen LogP contribution in [0.3, 0.4) is 0 Å². The second-order valence-corrected chi connectivity index (χ2v) is 5.70. The molecule has 0 saturated heterocycles. The van der Waals surface area contributed by atoms with Gasteiger partial charge in [0.15, 0.2) is 0 Å². The Kier molecular flexibility index (Phi) is 4.04. The summed E-state index contributed by atoms with van der Waals surface area (Å²) >= 11 is 0. The number of rotatable bonds is 5. The van der Waals surface area contributed by atoms with Gasteiger partial charge in [-0.05, 0) is 45.6 Å². The number of hydrogen-bond acceptors (Lipinski definition) is 2. The van der Waals surface area contributed by atoms with Crippen molar-refractivity contribution < 1.29 is 0 Å². The second kappa shape index (κ2) is 5.33. The monoisotopic (exact) mass is 222 g/mol. The molecule has 2 atom stereocenters. The molecule has 0 spiro atoms. The summed E-state index contributed by atoms with van der Waals surface area (Å²) in [7, 11) is 0. The maximum atomic E-state index is 3.64. The maximum Gasteiger partial charge on any atom is 0.0168 e. The minimum atomic E-state index is 0.704. The van der Waals surface area contributed by atoms with Crippen molar-refractivity contribution in [2.24, 2.45) is 5.92 Å². The first kappa shape index (κ1) is 12.1. The first-order valence-electron chi connectivity index (χ1n) is 6.80.